The molecule has 4 heterocycles. The van der Waals surface area contributed by atoms with Crippen LogP contribution in [-0.4, -0.2) is 52.0 Å². The van der Waals surface area contributed by atoms with Crippen molar-refractivity contribution in [3.05, 3.63) is 61.1 Å². The smallest absolute Gasteiger partial charge is 0.300 e. The Balaban J connectivity index is 1.41. The van der Waals surface area contributed by atoms with Gasteiger partial charge in [0.15, 0.2) is 0 Å². The molecule has 9 heteroatoms. The lowest BCUT2D eigenvalue weighted by molar-refractivity contribution is -0.111. The molecule has 168 valence electrons. The number of piperazine rings is 1. The van der Waals surface area contributed by atoms with Crippen LogP contribution in [0.3, 0.4) is 0 Å². The first kappa shape index (κ1) is 21.3. The van der Waals surface area contributed by atoms with Crippen molar-refractivity contribution in [1.29, 1.82) is 0 Å². The van der Waals surface area contributed by atoms with Gasteiger partial charge in [0.25, 0.3) is 5.91 Å². The van der Waals surface area contributed by atoms with E-state index in [9.17, 15) is 4.79 Å². The van der Waals surface area contributed by atoms with Crippen LogP contribution in [-0.2, 0) is 4.79 Å². The SMILES string of the molecule is C#CC(=O)Nc1ccnc(-c2nccc3cnc(Nc4ccc(N5CCNCC5)cc4)nc23)c1. The number of carbonyl (C=O) groups excluding carboxylic acids is 1. The van der Waals surface area contributed by atoms with Crippen LogP contribution in [0.1, 0.15) is 0 Å². The number of benzene rings is 1. The minimum absolute atomic E-state index is 0.452. The predicted octanol–water partition coefficient (Wildman–Crippen LogP) is 2.81. The van der Waals surface area contributed by atoms with Gasteiger partial charge >= 0.3 is 0 Å². The van der Waals surface area contributed by atoms with Crippen molar-refractivity contribution < 1.29 is 4.79 Å². The van der Waals surface area contributed by atoms with E-state index in [2.05, 4.69) is 47.9 Å². The number of nitrogens with zero attached hydrogens (tertiary/aromatic N) is 5. The maximum atomic E-state index is 11.6. The molecule has 34 heavy (non-hydrogen) atoms. The van der Waals surface area contributed by atoms with E-state index >= 15 is 0 Å². The Hall–Kier alpha value is -4.55. The van der Waals surface area contributed by atoms with Crippen LogP contribution >= 0.6 is 0 Å². The molecule has 0 radical (unpaired) electrons. The molecule has 1 fully saturated rings. The second kappa shape index (κ2) is 9.52. The average molecular weight is 451 g/mol. The second-order valence-electron chi connectivity index (χ2n) is 7.73. The molecule has 4 aromatic rings. The molecule has 3 aromatic heterocycles. The number of aromatic nitrogens is 4. The molecule has 1 aliphatic rings. The molecule has 3 N–H and O–H groups in total. The summed E-state index contributed by atoms with van der Waals surface area (Å²) < 4.78 is 0. The van der Waals surface area contributed by atoms with Gasteiger partial charge in [-0.1, -0.05) is 0 Å². The fourth-order valence-electron chi connectivity index (χ4n) is 3.82. The molecule has 0 bridgehead atoms. The van der Waals surface area contributed by atoms with Crippen LogP contribution in [0.15, 0.2) is 61.1 Å². The molecule has 0 aliphatic carbocycles. The minimum atomic E-state index is -0.528. The Labute approximate surface area is 196 Å². The Morgan fingerprint density at radius 1 is 1.00 bits per heavy atom. The third-order valence-corrected chi connectivity index (χ3v) is 5.50. The highest BCUT2D eigenvalue weighted by atomic mass is 16.1. The summed E-state index contributed by atoms with van der Waals surface area (Å²) in [5.74, 6) is 1.96. The standard InChI is InChI=1S/C25H22N8O/c1-2-22(34)30-19-8-10-27-21(15-19)24-23-17(7-9-28-24)16-29-25(32-23)31-18-3-5-20(6-4-18)33-13-11-26-12-14-33/h1,3-10,15-16,26H,11-14H2,(H,27,30,34)(H,29,31,32). The lowest BCUT2D eigenvalue weighted by Crippen LogP contribution is -2.43. The van der Waals surface area contributed by atoms with E-state index < -0.39 is 5.91 Å². The van der Waals surface area contributed by atoms with Gasteiger partial charge in [0.05, 0.1) is 5.69 Å². The summed E-state index contributed by atoms with van der Waals surface area (Å²) in [7, 11) is 0. The maximum absolute atomic E-state index is 11.6. The van der Waals surface area contributed by atoms with Crippen molar-refractivity contribution in [3.8, 4) is 23.7 Å². The molecule has 5 rings (SSSR count). The summed E-state index contributed by atoms with van der Waals surface area (Å²) in [4.78, 5) is 32.0. The average Bonchev–Trinajstić information content (AvgIpc) is 2.89. The number of pyridine rings is 2. The highest BCUT2D eigenvalue weighted by Gasteiger charge is 2.13. The van der Waals surface area contributed by atoms with Gasteiger partial charge in [0, 0.05) is 67.2 Å². The zero-order valence-corrected chi connectivity index (χ0v) is 18.3. The van der Waals surface area contributed by atoms with E-state index in [1.54, 1.807) is 30.7 Å². The van der Waals surface area contributed by atoms with Crippen LogP contribution < -0.4 is 20.9 Å². The third kappa shape index (κ3) is 4.62. The van der Waals surface area contributed by atoms with Crippen LogP contribution in [0.4, 0.5) is 23.0 Å². The summed E-state index contributed by atoms with van der Waals surface area (Å²) >= 11 is 0. The van der Waals surface area contributed by atoms with Gasteiger partial charge < -0.3 is 20.9 Å². The monoisotopic (exact) mass is 450 g/mol. The van der Waals surface area contributed by atoms with Crippen LogP contribution in [0.25, 0.3) is 22.3 Å². The number of hydrogen-bond acceptors (Lipinski definition) is 8. The molecule has 1 aromatic carbocycles. The summed E-state index contributed by atoms with van der Waals surface area (Å²) in [5, 5.41) is 10.1. The van der Waals surface area contributed by atoms with Gasteiger partial charge in [-0.05, 0) is 48.4 Å². The third-order valence-electron chi connectivity index (χ3n) is 5.50. The van der Waals surface area contributed by atoms with Crippen molar-refractivity contribution in [2.45, 2.75) is 0 Å². The first-order valence-electron chi connectivity index (χ1n) is 10.9. The predicted molar refractivity (Wildman–Crippen MR) is 133 cm³/mol. The number of hydrogen-bond donors (Lipinski definition) is 3. The second-order valence-corrected chi connectivity index (χ2v) is 7.73. The maximum Gasteiger partial charge on any atom is 0.300 e. The number of carbonyl (C=O) groups is 1. The molecule has 0 spiro atoms. The van der Waals surface area contributed by atoms with E-state index in [0.29, 0.717) is 28.5 Å². The van der Waals surface area contributed by atoms with Gasteiger partial charge in [-0.2, -0.15) is 0 Å². The Kier molecular flexibility index (Phi) is 5.97. The van der Waals surface area contributed by atoms with Crippen molar-refractivity contribution in [3.63, 3.8) is 0 Å². The zero-order valence-electron chi connectivity index (χ0n) is 18.3. The van der Waals surface area contributed by atoms with Crippen LogP contribution in [0.2, 0.25) is 0 Å². The fourth-order valence-corrected chi connectivity index (χ4v) is 3.82. The van der Waals surface area contributed by atoms with Gasteiger partial charge in [-0.3, -0.25) is 14.8 Å². The lowest BCUT2D eigenvalue weighted by atomic mass is 10.1. The molecule has 0 unspecified atom stereocenters. The zero-order chi connectivity index (χ0) is 23.3. The topological polar surface area (TPSA) is 108 Å². The van der Waals surface area contributed by atoms with E-state index in [1.807, 2.05) is 24.1 Å². The van der Waals surface area contributed by atoms with Crippen molar-refractivity contribution in [2.75, 3.05) is 41.7 Å². The van der Waals surface area contributed by atoms with E-state index in [1.165, 1.54) is 5.69 Å². The molecule has 0 atom stereocenters. The molecule has 9 nitrogen and oxygen atoms in total. The number of fused-ring (bicyclic) bond motifs is 1. The number of anilines is 4. The van der Waals surface area contributed by atoms with Crippen LogP contribution in [0.5, 0.6) is 0 Å². The molecule has 1 amide bonds. The molecular weight excluding hydrogens is 428 g/mol. The van der Waals surface area contributed by atoms with Gasteiger partial charge in [-0.15, -0.1) is 6.42 Å². The normalized spacial score (nSPS) is 13.3. The van der Waals surface area contributed by atoms with E-state index in [4.69, 9.17) is 11.4 Å². The highest BCUT2D eigenvalue weighted by Crippen LogP contribution is 2.27. The first-order valence-corrected chi connectivity index (χ1v) is 10.9. The summed E-state index contributed by atoms with van der Waals surface area (Å²) in [5.41, 5.74) is 4.40. The summed E-state index contributed by atoms with van der Waals surface area (Å²) in [6, 6.07) is 13.5. The van der Waals surface area contributed by atoms with Gasteiger partial charge in [-0.25, -0.2) is 9.97 Å². The highest BCUT2D eigenvalue weighted by molar-refractivity contribution is 6.03. The van der Waals surface area contributed by atoms with Crippen molar-refractivity contribution in [2.24, 2.45) is 0 Å². The van der Waals surface area contributed by atoms with Crippen LogP contribution in [0, 0.1) is 12.3 Å². The quantitative estimate of drug-likeness (QED) is 0.399. The van der Waals surface area contributed by atoms with Gasteiger partial charge in [0.1, 0.15) is 11.2 Å². The number of terminal acetylenes is 1. The Morgan fingerprint density at radius 3 is 2.59 bits per heavy atom. The largest absolute Gasteiger partial charge is 0.369 e. The first-order chi connectivity index (χ1) is 16.7. The van der Waals surface area contributed by atoms with Crippen molar-refractivity contribution >= 4 is 39.8 Å². The van der Waals surface area contributed by atoms with E-state index in [0.717, 1.165) is 37.3 Å². The summed E-state index contributed by atoms with van der Waals surface area (Å²) in [6.45, 7) is 3.99. The lowest BCUT2D eigenvalue weighted by Gasteiger charge is -2.29. The molecule has 1 aliphatic heterocycles. The molecular formula is C25H22N8O. The molecule has 0 saturated carbocycles. The molecule has 1 saturated heterocycles. The number of nitrogens with one attached hydrogen (secondary N) is 3. The fraction of sp³-hybridized carbons (Fsp3) is 0.160. The minimum Gasteiger partial charge on any atom is -0.369 e. The summed E-state index contributed by atoms with van der Waals surface area (Å²) in [6.07, 6.45) is 10.2. The Bertz CT molecular complexity index is 1370. The van der Waals surface area contributed by atoms with Gasteiger partial charge in [0.2, 0.25) is 5.95 Å². The Morgan fingerprint density at radius 2 is 1.79 bits per heavy atom. The number of amides is 1. The number of rotatable bonds is 5. The van der Waals surface area contributed by atoms with E-state index in [-0.39, 0.29) is 0 Å². The van der Waals surface area contributed by atoms with Crippen molar-refractivity contribution in [1.82, 2.24) is 25.3 Å².